The normalized spacial score (nSPS) is 11.6. The molecule has 0 spiro atoms. The molecule has 0 fully saturated rings. The van der Waals surface area contributed by atoms with Crippen LogP contribution in [0.3, 0.4) is 0 Å². The van der Waals surface area contributed by atoms with E-state index in [9.17, 15) is 9.59 Å². The van der Waals surface area contributed by atoms with Crippen LogP contribution in [0.15, 0.2) is 108 Å². The molecule has 0 bridgehead atoms. The number of amides is 2. The Balaban J connectivity index is 2.42. The van der Waals surface area contributed by atoms with Gasteiger partial charge in [-0.3, -0.25) is 9.59 Å². The SMILES string of the molecule is C=C/C=C(\C)CC(=O)Nc1ccc(CCCCC(=C)SC(=C)N(C)C(=C)CC(/C=C\C(=C)NC(C)=O)=C/C)nn1. The van der Waals surface area contributed by atoms with Crippen LogP contribution in [0, 0.1) is 0 Å². The van der Waals surface area contributed by atoms with Crippen molar-refractivity contribution in [3.8, 4) is 0 Å². The zero-order valence-electron chi connectivity index (χ0n) is 24.4. The van der Waals surface area contributed by atoms with Crippen LogP contribution >= 0.6 is 11.8 Å². The first-order chi connectivity index (χ1) is 18.9. The number of carbonyl (C=O) groups is 2. The van der Waals surface area contributed by atoms with Crippen LogP contribution in [-0.2, 0) is 16.0 Å². The molecule has 214 valence electrons. The summed E-state index contributed by atoms with van der Waals surface area (Å²) in [6.07, 6.45) is 13.7. The molecule has 1 rings (SSSR count). The summed E-state index contributed by atoms with van der Waals surface area (Å²) in [6.45, 7) is 25.4. The van der Waals surface area contributed by atoms with Crippen molar-refractivity contribution in [1.82, 2.24) is 20.4 Å². The lowest BCUT2D eigenvalue weighted by Crippen LogP contribution is -2.17. The molecular formula is C32H43N5O2S. The van der Waals surface area contributed by atoms with Crippen molar-refractivity contribution < 1.29 is 9.59 Å². The highest BCUT2D eigenvalue weighted by atomic mass is 32.2. The summed E-state index contributed by atoms with van der Waals surface area (Å²) >= 11 is 1.56. The summed E-state index contributed by atoms with van der Waals surface area (Å²) in [6, 6.07) is 3.67. The lowest BCUT2D eigenvalue weighted by molar-refractivity contribution is -0.118. The van der Waals surface area contributed by atoms with Gasteiger partial charge < -0.3 is 15.5 Å². The number of rotatable bonds is 18. The van der Waals surface area contributed by atoms with Gasteiger partial charge in [0.2, 0.25) is 11.8 Å². The van der Waals surface area contributed by atoms with E-state index in [1.807, 2.05) is 50.1 Å². The summed E-state index contributed by atoms with van der Waals surface area (Å²) in [5, 5.41) is 14.6. The maximum Gasteiger partial charge on any atom is 0.229 e. The predicted octanol–water partition coefficient (Wildman–Crippen LogP) is 7.36. The summed E-state index contributed by atoms with van der Waals surface area (Å²) in [4.78, 5) is 26.2. The predicted molar refractivity (Wildman–Crippen MR) is 170 cm³/mol. The van der Waals surface area contributed by atoms with Gasteiger partial charge in [0.1, 0.15) is 0 Å². The average Bonchev–Trinajstić information content (AvgIpc) is 2.88. The summed E-state index contributed by atoms with van der Waals surface area (Å²) in [5.74, 6) is 0.165. The number of aryl methyl sites for hydroxylation is 1. The van der Waals surface area contributed by atoms with Crippen molar-refractivity contribution in [3.63, 3.8) is 0 Å². The van der Waals surface area contributed by atoms with E-state index in [1.54, 1.807) is 30.0 Å². The minimum absolute atomic E-state index is 0.131. The molecule has 1 aromatic rings. The third-order valence-electron chi connectivity index (χ3n) is 5.69. The second kappa shape index (κ2) is 18.4. The van der Waals surface area contributed by atoms with E-state index < -0.39 is 0 Å². The van der Waals surface area contributed by atoms with Crippen LogP contribution in [0.2, 0.25) is 0 Å². The van der Waals surface area contributed by atoms with E-state index in [-0.39, 0.29) is 11.8 Å². The molecule has 0 atom stereocenters. The highest BCUT2D eigenvalue weighted by Gasteiger charge is 2.10. The maximum absolute atomic E-state index is 12.1. The Kier molecular flexibility index (Phi) is 15.7. The molecule has 2 amide bonds. The van der Waals surface area contributed by atoms with Crippen LogP contribution < -0.4 is 10.6 Å². The third kappa shape index (κ3) is 14.3. The van der Waals surface area contributed by atoms with Gasteiger partial charge in [-0.05, 0) is 68.2 Å². The summed E-state index contributed by atoms with van der Waals surface area (Å²) in [5.41, 5.74) is 4.30. The van der Waals surface area contributed by atoms with Crippen molar-refractivity contribution in [3.05, 3.63) is 114 Å². The minimum Gasteiger partial charge on any atom is -0.343 e. The van der Waals surface area contributed by atoms with Crippen molar-refractivity contribution in [2.24, 2.45) is 0 Å². The highest BCUT2D eigenvalue weighted by molar-refractivity contribution is 8.06. The van der Waals surface area contributed by atoms with Gasteiger partial charge in [0.25, 0.3) is 0 Å². The van der Waals surface area contributed by atoms with E-state index >= 15 is 0 Å². The molecule has 0 aromatic carbocycles. The van der Waals surface area contributed by atoms with E-state index in [0.29, 0.717) is 24.4 Å². The molecule has 7 nitrogen and oxygen atoms in total. The quantitative estimate of drug-likeness (QED) is 0.144. The third-order valence-corrected chi connectivity index (χ3v) is 6.69. The number of thioether (sulfide) groups is 1. The molecule has 0 aliphatic carbocycles. The number of allylic oxidation sites excluding steroid dienone is 7. The lowest BCUT2D eigenvalue weighted by Gasteiger charge is -2.24. The van der Waals surface area contributed by atoms with Gasteiger partial charge in [-0.2, -0.15) is 5.10 Å². The number of anilines is 1. The van der Waals surface area contributed by atoms with Crippen LogP contribution in [0.1, 0.15) is 58.6 Å². The van der Waals surface area contributed by atoms with Crippen LogP contribution in [0.5, 0.6) is 0 Å². The fourth-order valence-electron chi connectivity index (χ4n) is 3.44. The number of unbranched alkanes of at least 4 members (excludes halogenated alkanes) is 1. The monoisotopic (exact) mass is 561 g/mol. The van der Waals surface area contributed by atoms with Gasteiger partial charge in [-0.15, -0.1) is 5.10 Å². The molecule has 0 aliphatic rings. The lowest BCUT2D eigenvalue weighted by atomic mass is 10.1. The van der Waals surface area contributed by atoms with Gasteiger partial charge in [-0.25, -0.2) is 0 Å². The molecule has 1 heterocycles. The molecule has 40 heavy (non-hydrogen) atoms. The maximum atomic E-state index is 12.1. The number of hydrogen-bond acceptors (Lipinski definition) is 6. The van der Waals surface area contributed by atoms with Crippen LogP contribution in [0.4, 0.5) is 5.82 Å². The Hall–Kier alpha value is -3.91. The van der Waals surface area contributed by atoms with Gasteiger partial charge >= 0.3 is 0 Å². The summed E-state index contributed by atoms with van der Waals surface area (Å²) in [7, 11) is 1.95. The second-order valence-electron chi connectivity index (χ2n) is 9.33. The van der Waals surface area contributed by atoms with E-state index in [4.69, 9.17) is 0 Å². The smallest absolute Gasteiger partial charge is 0.229 e. The Morgan fingerprint density at radius 1 is 1.05 bits per heavy atom. The Labute approximate surface area is 244 Å². The van der Waals surface area contributed by atoms with Crippen molar-refractivity contribution >= 4 is 29.4 Å². The molecule has 0 aliphatic heterocycles. The molecule has 1 aromatic heterocycles. The highest BCUT2D eigenvalue weighted by Crippen LogP contribution is 2.31. The molecule has 0 unspecified atom stereocenters. The van der Waals surface area contributed by atoms with E-state index in [2.05, 4.69) is 53.7 Å². The van der Waals surface area contributed by atoms with Crippen molar-refractivity contribution in [1.29, 1.82) is 0 Å². The van der Waals surface area contributed by atoms with Crippen LogP contribution in [-0.4, -0.2) is 34.0 Å². The fraction of sp³-hybridized carbons (Fsp3) is 0.312. The molecular weight excluding hydrogens is 518 g/mol. The van der Waals surface area contributed by atoms with Gasteiger partial charge in [0.15, 0.2) is 5.82 Å². The number of carbonyl (C=O) groups excluding carboxylic acids is 2. The van der Waals surface area contributed by atoms with Gasteiger partial charge in [0.05, 0.1) is 10.7 Å². The van der Waals surface area contributed by atoms with E-state index in [0.717, 1.165) is 58.2 Å². The fourth-order valence-corrected chi connectivity index (χ4v) is 4.28. The first kappa shape index (κ1) is 34.1. The van der Waals surface area contributed by atoms with Crippen LogP contribution in [0.25, 0.3) is 0 Å². The molecule has 2 N–H and O–H groups in total. The molecule has 8 heteroatoms. The number of hydrogen-bond donors (Lipinski definition) is 2. The molecule has 0 radical (unpaired) electrons. The standard InChI is InChI=1S/C32H43N5O2S/c1-10-14-23(3)21-32(39)34-31-20-19-30(35-36-31)16-13-12-15-26(6)40-28(8)37(9)25(5)22-29(11-2)18-17-24(4)33-27(7)38/h10-11,14,17-20H,1,4-6,8,12-13,15-16,21-22H2,2-3,7,9H3,(H,33,38)(H,34,36,39)/b18-17-,23-14+,29-11+. The number of nitrogens with one attached hydrogen (secondary N) is 2. The largest absolute Gasteiger partial charge is 0.343 e. The van der Waals surface area contributed by atoms with Crippen molar-refractivity contribution in [2.75, 3.05) is 12.4 Å². The minimum atomic E-state index is -0.150. The van der Waals surface area contributed by atoms with E-state index in [1.165, 1.54) is 6.92 Å². The average molecular weight is 562 g/mol. The number of aromatic nitrogens is 2. The first-order valence-electron chi connectivity index (χ1n) is 13.1. The van der Waals surface area contributed by atoms with Crippen molar-refractivity contribution in [2.45, 2.75) is 59.3 Å². The Morgan fingerprint density at radius 2 is 1.77 bits per heavy atom. The first-order valence-corrected chi connectivity index (χ1v) is 13.9. The van der Waals surface area contributed by atoms with Gasteiger partial charge in [0, 0.05) is 38.2 Å². The molecule has 0 saturated carbocycles. The Morgan fingerprint density at radius 3 is 2.38 bits per heavy atom. The number of nitrogens with zero attached hydrogens (tertiary/aromatic N) is 3. The summed E-state index contributed by atoms with van der Waals surface area (Å²) < 4.78 is 0. The zero-order valence-corrected chi connectivity index (χ0v) is 25.2. The van der Waals surface area contributed by atoms with Gasteiger partial charge in [-0.1, -0.05) is 74.5 Å². The second-order valence-corrected chi connectivity index (χ2v) is 10.6. The Bertz CT molecular complexity index is 1190. The zero-order chi connectivity index (χ0) is 30.1. The topological polar surface area (TPSA) is 87.2 Å². The molecule has 0 saturated heterocycles.